The zero-order valence-corrected chi connectivity index (χ0v) is 17.8. The molecule has 1 heterocycles. The van der Waals surface area contributed by atoms with Crippen LogP contribution in [0.2, 0.25) is 0 Å². The van der Waals surface area contributed by atoms with E-state index in [1.165, 1.54) is 6.08 Å². The van der Waals surface area contributed by atoms with Crippen LogP contribution in [-0.2, 0) is 0 Å². The van der Waals surface area contributed by atoms with Crippen LogP contribution in [0.4, 0.5) is 0 Å². The number of hydrogen-bond acceptors (Lipinski definition) is 4. The van der Waals surface area contributed by atoms with E-state index in [4.69, 9.17) is 0 Å². The first-order chi connectivity index (χ1) is 16.6. The van der Waals surface area contributed by atoms with E-state index in [-0.39, 0.29) is 16.8 Å². The van der Waals surface area contributed by atoms with Gasteiger partial charge in [0.1, 0.15) is 11.6 Å². The van der Waals surface area contributed by atoms with Gasteiger partial charge >= 0.3 is 5.97 Å². The summed E-state index contributed by atoms with van der Waals surface area (Å²) in [4.78, 5) is 25.2. The Morgan fingerprint density at radius 1 is 0.853 bits per heavy atom. The first kappa shape index (κ1) is 20.9. The topological polar surface area (TPSA) is 96.0 Å². The molecular weight excluding hydrogens is 426 g/mol. The number of aromatic nitrogens is 2. The van der Waals surface area contributed by atoms with Crippen molar-refractivity contribution in [2.45, 2.75) is 0 Å². The largest absolute Gasteiger partial charge is 0.476 e. The van der Waals surface area contributed by atoms with Crippen molar-refractivity contribution in [1.29, 1.82) is 5.26 Å². The van der Waals surface area contributed by atoms with E-state index in [1.807, 2.05) is 54.6 Å². The molecular formula is C28H17N3O3. The fourth-order valence-corrected chi connectivity index (χ4v) is 4.11. The maximum Gasteiger partial charge on any atom is 0.357 e. The molecule has 0 spiro atoms. The predicted octanol–water partition coefficient (Wildman–Crippen LogP) is 5.28. The summed E-state index contributed by atoms with van der Waals surface area (Å²) in [6, 6.07) is 28.1. The highest BCUT2D eigenvalue weighted by molar-refractivity contribution is 6.08. The maximum atomic E-state index is 13.1. The maximum absolute atomic E-state index is 13.1. The Morgan fingerprint density at radius 3 is 2.00 bits per heavy atom. The summed E-state index contributed by atoms with van der Waals surface area (Å²) in [5.41, 5.74) is -0.119. The minimum Gasteiger partial charge on any atom is -0.476 e. The fraction of sp³-hybridized carbons (Fsp3) is 0. The van der Waals surface area contributed by atoms with Crippen LogP contribution in [-0.4, -0.2) is 20.9 Å². The number of benzene rings is 4. The van der Waals surface area contributed by atoms with Gasteiger partial charge in [-0.3, -0.25) is 4.79 Å². The highest BCUT2D eigenvalue weighted by Gasteiger charge is 2.21. The molecule has 6 nitrogen and oxygen atoms in total. The van der Waals surface area contributed by atoms with E-state index in [9.17, 15) is 20.0 Å². The van der Waals surface area contributed by atoms with Crippen LogP contribution in [0.5, 0.6) is 0 Å². The van der Waals surface area contributed by atoms with E-state index >= 15 is 0 Å². The average Bonchev–Trinajstić information content (AvgIpc) is 2.87. The van der Waals surface area contributed by atoms with Crippen LogP contribution in [0.3, 0.4) is 0 Å². The van der Waals surface area contributed by atoms with E-state index in [1.54, 1.807) is 36.4 Å². The number of carboxylic acid groups (broad SMARTS) is 1. The molecule has 34 heavy (non-hydrogen) atoms. The van der Waals surface area contributed by atoms with Crippen molar-refractivity contribution in [2.24, 2.45) is 0 Å². The number of para-hydroxylation sites is 1. The Labute approximate surface area is 194 Å². The molecule has 5 rings (SSSR count). The van der Waals surface area contributed by atoms with Crippen molar-refractivity contribution in [3.05, 3.63) is 118 Å². The van der Waals surface area contributed by atoms with Crippen molar-refractivity contribution >= 4 is 39.7 Å². The molecule has 0 aliphatic carbocycles. The molecule has 0 fully saturated rings. The molecule has 4 aromatic carbocycles. The number of nitriles is 1. The lowest BCUT2D eigenvalue weighted by atomic mass is 9.95. The predicted molar refractivity (Wildman–Crippen MR) is 132 cm³/mol. The van der Waals surface area contributed by atoms with Crippen molar-refractivity contribution in [2.75, 3.05) is 0 Å². The number of fused-ring (bicyclic) bond motifs is 2. The molecule has 5 aromatic rings. The number of nitrogens with zero attached hydrogens (tertiary/aromatic N) is 3. The second kappa shape index (κ2) is 8.49. The van der Waals surface area contributed by atoms with E-state index in [2.05, 4.69) is 11.2 Å². The summed E-state index contributed by atoms with van der Waals surface area (Å²) < 4.78 is 0.951. The molecule has 0 saturated carbocycles. The lowest BCUT2D eigenvalue weighted by Gasteiger charge is -2.11. The van der Waals surface area contributed by atoms with Gasteiger partial charge in [-0.2, -0.15) is 15.0 Å². The Balaban J connectivity index is 1.78. The van der Waals surface area contributed by atoms with Crippen LogP contribution < -0.4 is 5.56 Å². The van der Waals surface area contributed by atoms with Crippen LogP contribution in [0, 0.1) is 11.3 Å². The van der Waals surface area contributed by atoms with Gasteiger partial charge in [-0.05, 0) is 45.3 Å². The van der Waals surface area contributed by atoms with Crippen molar-refractivity contribution in [3.8, 4) is 11.8 Å². The Morgan fingerprint density at radius 2 is 1.41 bits per heavy atom. The molecule has 0 bridgehead atoms. The molecule has 0 aliphatic heterocycles. The first-order valence-electron chi connectivity index (χ1n) is 10.5. The van der Waals surface area contributed by atoms with Crippen molar-refractivity contribution < 1.29 is 9.90 Å². The van der Waals surface area contributed by atoms with Gasteiger partial charge in [0.05, 0.1) is 5.69 Å². The van der Waals surface area contributed by atoms with E-state index in [0.717, 1.165) is 31.8 Å². The smallest absolute Gasteiger partial charge is 0.357 e. The summed E-state index contributed by atoms with van der Waals surface area (Å²) in [5.74, 6) is -1.33. The zero-order valence-electron chi connectivity index (χ0n) is 17.8. The van der Waals surface area contributed by atoms with E-state index < -0.39 is 11.5 Å². The highest BCUT2D eigenvalue weighted by Crippen LogP contribution is 2.30. The molecule has 0 amide bonds. The minimum absolute atomic E-state index is 0.0239. The van der Waals surface area contributed by atoms with Gasteiger partial charge in [-0.15, -0.1) is 0 Å². The molecule has 1 N–H and O–H groups in total. The van der Waals surface area contributed by atoms with Gasteiger partial charge in [-0.25, -0.2) is 4.79 Å². The average molecular weight is 443 g/mol. The highest BCUT2D eigenvalue weighted by atomic mass is 16.4. The molecule has 1 aromatic heterocycles. The Bertz CT molecular complexity index is 1660. The molecule has 0 saturated heterocycles. The second-order valence-electron chi connectivity index (χ2n) is 7.67. The van der Waals surface area contributed by atoms with Crippen LogP contribution in [0.1, 0.15) is 27.2 Å². The monoisotopic (exact) mass is 443 g/mol. The standard InChI is InChI=1S/C28H17N3O3/c29-17-25-24(26(28(33)34)30-31(27(25)32)20-10-2-1-3-11-20)15-14-23-21-12-6-4-8-18(21)16-19-9-5-7-13-22(19)23/h1-16H,(H,33,34)/b15-14-. The summed E-state index contributed by atoms with van der Waals surface area (Å²) >= 11 is 0. The fourth-order valence-electron chi connectivity index (χ4n) is 4.11. The number of carboxylic acids is 1. The van der Waals surface area contributed by atoms with Gasteiger partial charge in [0.25, 0.3) is 5.56 Å². The molecule has 6 heteroatoms. The summed E-state index contributed by atoms with van der Waals surface area (Å²) in [7, 11) is 0. The molecule has 0 atom stereocenters. The van der Waals surface area contributed by atoms with Gasteiger partial charge in [0.2, 0.25) is 0 Å². The second-order valence-corrected chi connectivity index (χ2v) is 7.67. The number of aromatic carboxylic acids is 1. The summed E-state index contributed by atoms with van der Waals surface area (Å²) in [6.45, 7) is 0. The normalized spacial score (nSPS) is 11.1. The first-order valence-corrected chi connectivity index (χ1v) is 10.5. The molecule has 0 aliphatic rings. The van der Waals surface area contributed by atoms with Gasteiger partial charge in [0, 0.05) is 5.56 Å². The van der Waals surface area contributed by atoms with E-state index in [0.29, 0.717) is 5.69 Å². The third kappa shape index (κ3) is 3.51. The number of rotatable bonds is 4. The van der Waals surface area contributed by atoms with Crippen molar-refractivity contribution in [3.63, 3.8) is 0 Å². The van der Waals surface area contributed by atoms with Gasteiger partial charge in [0.15, 0.2) is 5.69 Å². The number of carbonyl (C=O) groups is 1. The summed E-state index contributed by atoms with van der Waals surface area (Å²) in [5, 5.41) is 27.7. The van der Waals surface area contributed by atoms with Gasteiger partial charge < -0.3 is 5.11 Å². The third-order valence-corrected chi connectivity index (χ3v) is 5.68. The number of hydrogen-bond donors (Lipinski definition) is 1. The Kier molecular flexibility index (Phi) is 5.21. The SMILES string of the molecule is N#Cc1c(/C=C\c2c3ccccc3cc3ccccc23)c(C(=O)O)nn(-c2ccccc2)c1=O. The summed E-state index contributed by atoms with van der Waals surface area (Å²) in [6.07, 6.45) is 3.25. The molecule has 0 unspecified atom stereocenters. The molecule has 162 valence electrons. The minimum atomic E-state index is -1.33. The Hall–Kier alpha value is -5.02. The van der Waals surface area contributed by atoms with Crippen LogP contribution in [0.25, 0.3) is 39.4 Å². The van der Waals surface area contributed by atoms with Crippen molar-refractivity contribution in [1.82, 2.24) is 9.78 Å². The lowest BCUT2D eigenvalue weighted by Crippen LogP contribution is -2.28. The van der Waals surface area contributed by atoms with Gasteiger partial charge in [-0.1, -0.05) is 78.9 Å². The molecule has 0 radical (unpaired) electrons. The zero-order chi connectivity index (χ0) is 23.7. The lowest BCUT2D eigenvalue weighted by molar-refractivity contribution is 0.0688. The third-order valence-electron chi connectivity index (χ3n) is 5.68. The van der Waals surface area contributed by atoms with Crippen LogP contribution in [0.15, 0.2) is 89.7 Å². The quantitative estimate of drug-likeness (QED) is 0.381. The van der Waals surface area contributed by atoms with Crippen LogP contribution >= 0.6 is 0 Å².